The number of halogens is 1. The molecule has 1 aromatic rings. The van der Waals surface area contributed by atoms with Crippen LogP contribution in [0.5, 0.6) is 0 Å². The van der Waals surface area contributed by atoms with Crippen LogP contribution in [0.25, 0.3) is 0 Å². The Morgan fingerprint density at radius 3 is 2.61 bits per heavy atom. The van der Waals surface area contributed by atoms with E-state index < -0.39 is 21.1 Å². The minimum Gasteiger partial charge on any atom is -0.317 e. The van der Waals surface area contributed by atoms with Crippen molar-refractivity contribution in [1.82, 2.24) is 5.32 Å². The Labute approximate surface area is 107 Å². The number of hydrogen-bond donors (Lipinski definition) is 2. The Morgan fingerprint density at radius 1 is 1.33 bits per heavy atom. The lowest BCUT2D eigenvalue weighted by Crippen LogP contribution is -2.38. The zero-order chi connectivity index (χ0) is 13.2. The van der Waals surface area contributed by atoms with Gasteiger partial charge in [-0.05, 0) is 50.6 Å². The molecule has 0 bridgehead atoms. The maximum atomic E-state index is 13.4. The lowest BCUT2D eigenvalue weighted by molar-refractivity contribution is 0.499. The second-order valence-corrected chi connectivity index (χ2v) is 6.52. The van der Waals surface area contributed by atoms with Crippen LogP contribution in [0, 0.1) is 12.7 Å². The third kappa shape index (κ3) is 3.00. The van der Waals surface area contributed by atoms with Gasteiger partial charge in [0.05, 0.1) is 10.9 Å². The minimum absolute atomic E-state index is 0.289. The standard InChI is InChI=1S/C12H17FN2O2S/c1-9-2-3-10(8-12(9)13)15-18(16,17)11-4-6-14-7-5-11/h2-3,8,11,14-15H,4-7H2,1H3. The summed E-state index contributed by atoms with van der Waals surface area (Å²) in [7, 11) is -3.42. The van der Waals surface area contributed by atoms with Gasteiger partial charge in [-0.2, -0.15) is 0 Å². The van der Waals surface area contributed by atoms with Crippen LogP contribution in [-0.2, 0) is 10.0 Å². The second-order valence-electron chi connectivity index (χ2n) is 4.56. The molecule has 1 fully saturated rings. The van der Waals surface area contributed by atoms with Gasteiger partial charge in [0.1, 0.15) is 5.82 Å². The molecule has 100 valence electrons. The maximum absolute atomic E-state index is 13.4. The summed E-state index contributed by atoms with van der Waals surface area (Å²) in [5, 5.41) is 2.72. The molecule has 1 aromatic carbocycles. The van der Waals surface area contributed by atoms with Gasteiger partial charge in [0.2, 0.25) is 10.0 Å². The molecule has 4 nitrogen and oxygen atoms in total. The molecule has 2 N–H and O–H groups in total. The number of hydrogen-bond acceptors (Lipinski definition) is 3. The molecule has 0 unspecified atom stereocenters. The van der Waals surface area contributed by atoms with Gasteiger partial charge >= 0.3 is 0 Å². The van der Waals surface area contributed by atoms with E-state index in [9.17, 15) is 12.8 Å². The van der Waals surface area contributed by atoms with Crippen molar-refractivity contribution in [2.24, 2.45) is 0 Å². The van der Waals surface area contributed by atoms with E-state index in [1.54, 1.807) is 19.1 Å². The Bertz CT molecular complexity index is 525. The number of sulfonamides is 1. The van der Waals surface area contributed by atoms with E-state index in [1.807, 2.05) is 0 Å². The topological polar surface area (TPSA) is 58.2 Å². The van der Waals surface area contributed by atoms with Gasteiger partial charge in [-0.1, -0.05) is 6.07 Å². The van der Waals surface area contributed by atoms with Gasteiger partial charge in [0, 0.05) is 0 Å². The molecule has 0 saturated carbocycles. The minimum atomic E-state index is -3.42. The molecule has 0 radical (unpaired) electrons. The zero-order valence-corrected chi connectivity index (χ0v) is 11.1. The van der Waals surface area contributed by atoms with E-state index in [1.165, 1.54) is 6.07 Å². The van der Waals surface area contributed by atoms with Crippen molar-refractivity contribution in [2.75, 3.05) is 17.8 Å². The third-order valence-electron chi connectivity index (χ3n) is 3.16. The molecule has 1 saturated heterocycles. The number of benzene rings is 1. The van der Waals surface area contributed by atoms with E-state index in [0.29, 0.717) is 31.5 Å². The molecule has 0 spiro atoms. The quantitative estimate of drug-likeness (QED) is 0.879. The number of aryl methyl sites for hydroxylation is 1. The van der Waals surface area contributed by atoms with E-state index in [-0.39, 0.29) is 5.69 Å². The number of anilines is 1. The van der Waals surface area contributed by atoms with Crippen molar-refractivity contribution in [3.05, 3.63) is 29.6 Å². The molecule has 0 atom stereocenters. The van der Waals surface area contributed by atoms with Crippen molar-refractivity contribution in [3.63, 3.8) is 0 Å². The first-order valence-electron chi connectivity index (χ1n) is 5.97. The molecule has 0 amide bonds. The van der Waals surface area contributed by atoms with Crippen LogP contribution < -0.4 is 10.0 Å². The molecule has 6 heteroatoms. The van der Waals surface area contributed by atoms with Crippen LogP contribution in [0.15, 0.2) is 18.2 Å². The highest BCUT2D eigenvalue weighted by Crippen LogP contribution is 2.19. The molecule has 0 aromatic heterocycles. The number of nitrogens with one attached hydrogen (secondary N) is 2. The van der Waals surface area contributed by atoms with Crippen molar-refractivity contribution in [3.8, 4) is 0 Å². The molecular weight excluding hydrogens is 255 g/mol. The summed E-state index contributed by atoms with van der Waals surface area (Å²) < 4.78 is 40.0. The highest BCUT2D eigenvalue weighted by Gasteiger charge is 2.27. The van der Waals surface area contributed by atoms with Crippen molar-refractivity contribution in [1.29, 1.82) is 0 Å². The fraction of sp³-hybridized carbons (Fsp3) is 0.500. The van der Waals surface area contributed by atoms with Gasteiger partial charge in [-0.15, -0.1) is 0 Å². The molecule has 2 rings (SSSR count). The average molecular weight is 272 g/mol. The maximum Gasteiger partial charge on any atom is 0.235 e. The Balaban J connectivity index is 2.13. The summed E-state index contributed by atoms with van der Waals surface area (Å²) >= 11 is 0. The lowest BCUT2D eigenvalue weighted by Gasteiger charge is -2.23. The largest absolute Gasteiger partial charge is 0.317 e. The highest BCUT2D eigenvalue weighted by atomic mass is 32.2. The Morgan fingerprint density at radius 2 is 2.00 bits per heavy atom. The summed E-state index contributed by atoms with van der Waals surface area (Å²) in [6, 6.07) is 4.36. The zero-order valence-electron chi connectivity index (χ0n) is 10.2. The Hall–Kier alpha value is -1.14. The van der Waals surface area contributed by atoms with Gasteiger partial charge in [-0.3, -0.25) is 4.72 Å². The number of rotatable bonds is 3. The predicted octanol–water partition coefficient (Wildman–Crippen LogP) is 1.63. The van der Waals surface area contributed by atoms with E-state index >= 15 is 0 Å². The predicted molar refractivity (Wildman–Crippen MR) is 69.6 cm³/mol. The summed E-state index contributed by atoms with van der Waals surface area (Å²) in [4.78, 5) is 0. The van der Waals surface area contributed by atoms with Crippen LogP contribution in [-0.4, -0.2) is 26.8 Å². The van der Waals surface area contributed by atoms with Crippen molar-refractivity contribution in [2.45, 2.75) is 25.0 Å². The van der Waals surface area contributed by atoms with Gasteiger partial charge in [0.25, 0.3) is 0 Å². The average Bonchev–Trinajstić information content (AvgIpc) is 2.35. The fourth-order valence-corrected chi connectivity index (χ4v) is 3.49. The third-order valence-corrected chi connectivity index (χ3v) is 5.03. The van der Waals surface area contributed by atoms with Crippen LogP contribution >= 0.6 is 0 Å². The number of piperidine rings is 1. The summed E-state index contributed by atoms with van der Waals surface area (Å²) in [5.41, 5.74) is 0.788. The molecule has 18 heavy (non-hydrogen) atoms. The van der Waals surface area contributed by atoms with Crippen LogP contribution in [0.1, 0.15) is 18.4 Å². The van der Waals surface area contributed by atoms with E-state index in [0.717, 1.165) is 0 Å². The summed E-state index contributed by atoms with van der Waals surface area (Å²) in [5.74, 6) is -0.402. The first kappa shape index (κ1) is 13.3. The van der Waals surface area contributed by atoms with E-state index in [2.05, 4.69) is 10.0 Å². The second kappa shape index (κ2) is 5.24. The molecule has 1 heterocycles. The fourth-order valence-electron chi connectivity index (χ4n) is 2.01. The van der Waals surface area contributed by atoms with Gasteiger partial charge in [0.15, 0.2) is 0 Å². The van der Waals surface area contributed by atoms with Crippen molar-refractivity contribution >= 4 is 15.7 Å². The monoisotopic (exact) mass is 272 g/mol. The van der Waals surface area contributed by atoms with Gasteiger partial charge < -0.3 is 5.32 Å². The molecule has 0 aliphatic carbocycles. The lowest BCUT2D eigenvalue weighted by atomic mass is 10.2. The van der Waals surface area contributed by atoms with Crippen LogP contribution in [0.2, 0.25) is 0 Å². The SMILES string of the molecule is Cc1ccc(NS(=O)(=O)C2CCNCC2)cc1F. The normalized spacial score (nSPS) is 17.7. The first-order valence-corrected chi connectivity index (χ1v) is 7.52. The van der Waals surface area contributed by atoms with E-state index in [4.69, 9.17) is 0 Å². The van der Waals surface area contributed by atoms with Crippen LogP contribution in [0.3, 0.4) is 0 Å². The summed E-state index contributed by atoms with van der Waals surface area (Å²) in [6.45, 7) is 3.04. The summed E-state index contributed by atoms with van der Waals surface area (Å²) in [6.07, 6.45) is 1.17. The van der Waals surface area contributed by atoms with Crippen molar-refractivity contribution < 1.29 is 12.8 Å². The molecular formula is C12H17FN2O2S. The van der Waals surface area contributed by atoms with Crippen LogP contribution in [0.4, 0.5) is 10.1 Å². The highest BCUT2D eigenvalue weighted by molar-refractivity contribution is 7.93. The first-order chi connectivity index (χ1) is 8.49. The Kier molecular flexibility index (Phi) is 3.87. The smallest absolute Gasteiger partial charge is 0.235 e. The molecule has 1 aliphatic heterocycles. The van der Waals surface area contributed by atoms with Gasteiger partial charge in [-0.25, -0.2) is 12.8 Å². The molecule has 1 aliphatic rings.